The Morgan fingerprint density at radius 3 is 0.883 bits per heavy atom. The summed E-state index contributed by atoms with van der Waals surface area (Å²) in [6, 6.07) is 97.0. The number of fused-ring (bicyclic) bond motifs is 6. The Hall–Kier alpha value is -12.8. The Labute approximate surface area is 538 Å². The fraction of sp³-hybridized carbons (Fsp3) is 0.0120. The summed E-state index contributed by atoms with van der Waals surface area (Å²) in [5.74, 6) is 0. The van der Waals surface area contributed by atoms with Crippen LogP contribution in [0.5, 0.6) is 0 Å². The zero-order valence-corrected chi connectivity index (χ0v) is 50.0. The lowest BCUT2D eigenvalue weighted by Crippen LogP contribution is -2.11. The molecule has 6 heterocycles. The Morgan fingerprint density at radius 1 is 0.319 bits per heavy atom. The molecule has 442 valence electrons. The van der Waals surface area contributed by atoms with Crippen molar-refractivity contribution in [2.75, 3.05) is 0 Å². The summed E-state index contributed by atoms with van der Waals surface area (Å²) < 4.78 is 52.9. The SMILES string of the molecule is [C-]#[N+]c1cccc(C(F)(F)F)c1-c1c(-n2c3ccc(-c4cccc(-c5ccccc5)n4)cc3c3cc(-c4cccc(-c5ccccc5)n4)ccc32)cc(C#N)cc1-n1c2ccc(-c3cccc(-c4ccccc4)n3)cc2c2cc(-c3cccc(-c4ccccc4)n3)ccc21. The fourth-order valence-corrected chi connectivity index (χ4v) is 13.1. The Bertz CT molecular complexity index is 5160. The van der Waals surface area contributed by atoms with E-state index in [1.165, 1.54) is 12.1 Å². The predicted octanol–water partition coefficient (Wildman–Crippen LogP) is 21.9. The van der Waals surface area contributed by atoms with Crippen molar-refractivity contribution in [2.45, 2.75) is 6.18 Å². The first-order chi connectivity index (χ1) is 46.1. The largest absolute Gasteiger partial charge is 0.415 e. The molecule has 0 amide bonds. The smallest absolute Gasteiger partial charge is 0.309 e. The average Bonchev–Trinajstić information content (AvgIpc) is 1.51. The van der Waals surface area contributed by atoms with E-state index in [0.717, 1.165) is 94.9 Å². The van der Waals surface area contributed by atoms with Gasteiger partial charge in [-0.15, -0.1) is 0 Å². The average molecular weight is 1220 g/mol. The first kappa shape index (κ1) is 56.4. The molecule has 11 heteroatoms. The maximum atomic E-state index is 16.3. The van der Waals surface area contributed by atoms with Crippen molar-refractivity contribution in [3.8, 4) is 119 Å². The number of nitriles is 1. The molecule has 0 radical (unpaired) electrons. The van der Waals surface area contributed by atoms with Crippen LogP contribution in [0, 0.1) is 17.9 Å². The molecule has 16 rings (SSSR count). The summed E-state index contributed by atoms with van der Waals surface area (Å²) in [5.41, 5.74) is 14.7. The molecule has 0 aliphatic heterocycles. The Kier molecular flexibility index (Phi) is 13.9. The minimum atomic E-state index is -4.95. The van der Waals surface area contributed by atoms with Crippen molar-refractivity contribution in [3.05, 3.63) is 320 Å². The molecule has 16 aromatic rings. The van der Waals surface area contributed by atoms with Crippen molar-refractivity contribution in [1.82, 2.24) is 29.1 Å². The minimum absolute atomic E-state index is 0.0840. The van der Waals surface area contributed by atoms with E-state index in [2.05, 4.69) is 35.2 Å². The summed E-state index contributed by atoms with van der Waals surface area (Å²) >= 11 is 0. The van der Waals surface area contributed by atoms with Crippen LogP contribution in [0.1, 0.15) is 11.1 Å². The number of nitrogens with zero attached hydrogens (tertiary/aromatic N) is 8. The molecule has 0 unspecified atom stereocenters. The van der Waals surface area contributed by atoms with Crippen molar-refractivity contribution in [2.24, 2.45) is 0 Å². The number of rotatable bonds is 11. The third-order valence-electron chi connectivity index (χ3n) is 17.4. The zero-order valence-electron chi connectivity index (χ0n) is 50.0. The van der Waals surface area contributed by atoms with Gasteiger partial charge in [-0.3, -0.25) is 0 Å². The molecule has 0 fully saturated rings. The van der Waals surface area contributed by atoms with E-state index >= 15 is 13.2 Å². The highest BCUT2D eigenvalue weighted by Crippen LogP contribution is 2.51. The second-order valence-electron chi connectivity index (χ2n) is 23.0. The van der Waals surface area contributed by atoms with Gasteiger partial charge in [-0.2, -0.15) is 18.4 Å². The van der Waals surface area contributed by atoms with Crippen LogP contribution in [0.15, 0.2) is 297 Å². The molecule has 8 nitrogen and oxygen atoms in total. The van der Waals surface area contributed by atoms with E-state index in [0.29, 0.717) is 44.8 Å². The highest BCUT2D eigenvalue weighted by molar-refractivity contribution is 6.15. The van der Waals surface area contributed by atoms with E-state index in [9.17, 15) is 5.26 Å². The molecule has 10 aromatic carbocycles. The first-order valence-corrected chi connectivity index (χ1v) is 30.6. The van der Waals surface area contributed by atoms with E-state index in [1.54, 1.807) is 12.1 Å². The number of alkyl halides is 3. The van der Waals surface area contributed by atoms with Gasteiger partial charge in [-0.05, 0) is 109 Å². The van der Waals surface area contributed by atoms with Crippen LogP contribution in [0.3, 0.4) is 0 Å². The monoisotopic (exact) mass is 1210 g/mol. The van der Waals surface area contributed by atoms with Crippen LogP contribution in [0.25, 0.3) is 161 Å². The third-order valence-corrected chi connectivity index (χ3v) is 17.4. The van der Waals surface area contributed by atoms with Gasteiger partial charge >= 0.3 is 6.18 Å². The van der Waals surface area contributed by atoms with Crippen molar-refractivity contribution in [1.29, 1.82) is 5.26 Å². The second-order valence-corrected chi connectivity index (χ2v) is 23.0. The summed E-state index contributed by atoms with van der Waals surface area (Å²) in [7, 11) is 0. The van der Waals surface area contributed by atoms with Gasteiger partial charge in [-0.1, -0.05) is 188 Å². The fourth-order valence-electron chi connectivity index (χ4n) is 13.1. The zero-order chi connectivity index (χ0) is 63.4. The molecule has 0 aliphatic carbocycles. The lowest BCUT2D eigenvalue weighted by atomic mass is 9.92. The van der Waals surface area contributed by atoms with E-state index in [1.807, 2.05) is 252 Å². The van der Waals surface area contributed by atoms with Crippen LogP contribution in [-0.2, 0) is 6.18 Å². The molecule has 0 saturated carbocycles. The minimum Gasteiger partial charge on any atom is -0.309 e. The highest BCUT2D eigenvalue weighted by atomic mass is 19.4. The lowest BCUT2D eigenvalue weighted by Gasteiger charge is -2.24. The molecule has 0 bridgehead atoms. The number of aromatic nitrogens is 6. The third kappa shape index (κ3) is 10.1. The van der Waals surface area contributed by atoms with E-state index in [-0.39, 0.29) is 33.8 Å². The van der Waals surface area contributed by atoms with Gasteiger partial charge in [-0.25, -0.2) is 24.8 Å². The normalized spacial score (nSPS) is 11.5. The number of hydrogen-bond donors (Lipinski definition) is 0. The first-order valence-electron chi connectivity index (χ1n) is 30.6. The van der Waals surface area contributed by atoms with Gasteiger partial charge < -0.3 is 9.13 Å². The van der Waals surface area contributed by atoms with Gasteiger partial charge in [0.1, 0.15) is 0 Å². The van der Waals surface area contributed by atoms with Crippen LogP contribution >= 0.6 is 0 Å². The van der Waals surface area contributed by atoms with Gasteiger partial charge in [0.2, 0.25) is 0 Å². The molecule has 0 spiro atoms. The second kappa shape index (κ2) is 23.2. The lowest BCUT2D eigenvalue weighted by molar-refractivity contribution is -0.137. The van der Waals surface area contributed by atoms with Crippen LogP contribution < -0.4 is 0 Å². The van der Waals surface area contributed by atoms with Crippen LogP contribution in [0.2, 0.25) is 0 Å². The highest BCUT2D eigenvalue weighted by Gasteiger charge is 2.37. The standard InChI is InChI=1S/C83H49F3N8/c1-88-74-36-14-27-65(83(84,85)86)81(74)82-79(93-75-41-37-57(70-32-15-28-66(89-70)53-19-6-2-7-20-53)47-61(75)62-48-58(38-42-76(62)93)71-33-16-29-67(90-71)54-21-8-3-9-22-54)45-52(51-87)46-80(82)94-77-43-39-59(72-34-17-30-68(91-72)55-23-10-4-11-24-55)49-63(77)64-50-60(40-44-78(64)94)73-35-18-31-69(92-73)56-25-12-5-13-26-56/h2-50H. The van der Waals surface area contributed by atoms with Gasteiger partial charge in [0.15, 0.2) is 5.69 Å². The number of pyridine rings is 4. The van der Waals surface area contributed by atoms with Gasteiger partial charge in [0.25, 0.3) is 0 Å². The number of benzene rings is 10. The molecular weight excluding hydrogens is 1170 g/mol. The van der Waals surface area contributed by atoms with E-state index < -0.39 is 11.7 Å². The quantitative estimate of drug-likeness (QED) is 0.120. The molecular formula is C83H49F3N8. The van der Waals surface area contributed by atoms with Crippen LogP contribution in [-0.4, -0.2) is 29.1 Å². The molecule has 0 N–H and O–H groups in total. The molecule has 0 atom stereocenters. The number of hydrogen-bond acceptors (Lipinski definition) is 5. The molecule has 0 aliphatic rings. The maximum absolute atomic E-state index is 16.3. The molecule has 6 aromatic heterocycles. The van der Waals surface area contributed by atoms with Gasteiger partial charge in [0.05, 0.1) is 103 Å². The summed E-state index contributed by atoms with van der Waals surface area (Å²) in [5, 5.41) is 14.5. The summed E-state index contributed by atoms with van der Waals surface area (Å²) in [6.45, 7) is 8.70. The molecule has 0 saturated heterocycles. The van der Waals surface area contributed by atoms with Gasteiger partial charge in [0, 0.05) is 77.2 Å². The predicted molar refractivity (Wildman–Crippen MR) is 371 cm³/mol. The number of halogens is 3. The maximum Gasteiger partial charge on any atom is 0.415 e. The van der Waals surface area contributed by atoms with Crippen molar-refractivity contribution >= 4 is 49.3 Å². The summed E-state index contributed by atoms with van der Waals surface area (Å²) in [6.07, 6.45) is -4.95. The van der Waals surface area contributed by atoms with Crippen molar-refractivity contribution in [3.63, 3.8) is 0 Å². The van der Waals surface area contributed by atoms with E-state index in [4.69, 9.17) is 26.5 Å². The Morgan fingerprint density at radius 2 is 0.606 bits per heavy atom. The topological polar surface area (TPSA) is 89.6 Å². The van der Waals surface area contributed by atoms with Crippen LogP contribution in [0.4, 0.5) is 18.9 Å². The van der Waals surface area contributed by atoms with Crippen molar-refractivity contribution < 1.29 is 13.2 Å². The summed E-state index contributed by atoms with van der Waals surface area (Å²) in [4.78, 5) is 24.6. The Balaban J connectivity index is 0.994. The molecule has 94 heavy (non-hydrogen) atoms.